The molecule has 0 saturated carbocycles. The van der Waals surface area contributed by atoms with Crippen molar-refractivity contribution in [1.29, 1.82) is 0 Å². The van der Waals surface area contributed by atoms with Crippen molar-refractivity contribution in [3.63, 3.8) is 0 Å². The second-order valence-corrected chi connectivity index (χ2v) is 7.20. The van der Waals surface area contributed by atoms with E-state index in [9.17, 15) is 21.6 Å². The van der Waals surface area contributed by atoms with Crippen LogP contribution >= 0.6 is 0 Å². The van der Waals surface area contributed by atoms with Gasteiger partial charge in [-0.05, 0) is 30.7 Å². The lowest BCUT2D eigenvalue weighted by molar-refractivity contribution is -0.137. The quantitative estimate of drug-likeness (QED) is 0.837. The number of halogens is 3. The van der Waals surface area contributed by atoms with Crippen LogP contribution in [0.1, 0.15) is 11.1 Å². The average Bonchev–Trinajstić information content (AvgIpc) is 2.47. The maximum absolute atomic E-state index is 12.6. The highest BCUT2D eigenvalue weighted by Gasteiger charge is 2.31. The van der Waals surface area contributed by atoms with E-state index in [0.717, 1.165) is 44.4 Å². The molecule has 5 nitrogen and oxygen atoms in total. The zero-order valence-electron chi connectivity index (χ0n) is 12.8. The van der Waals surface area contributed by atoms with E-state index in [-0.39, 0.29) is 17.0 Å². The van der Waals surface area contributed by atoms with Crippen LogP contribution in [0.5, 0.6) is 0 Å². The van der Waals surface area contributed by atoms with Crippen LogP contribution < -0.4 is 10.0 Å². The van der Waals surface area contributed by atoms with Crippen molar-refractivity contribution in [2.24, 2.45) is 0 Å². The highest BCUT2D eigenvalue weighted by molar-refractivity contribution is 7.89. The standard InChI is InChI=1S/C14H20F3N3O2S/c1-11-10-12(14(15,16)17)2-3-13(11)23(21,22)19-6-9-20-7-4-18-5-8-20/h2-3,10,18-19H,4-9H2,1H3. The number of hydrogen-bond acceptors (Lipinski definition) is 4. The van der Waals surface area contributed by atoms with Crippen molar-refractivity contribution < 1.29 is 21.6 Å². The number of nitrogens with one attached hydrogen (secondary N) is 2. The van der Waals surface area contributed by atoms with Gasteiger partial charge in [-0.25, -0.2) is 13.1 Å². The van der Waals surface area contributed by atoms with E-state index >= 15 is 0 Å². The summed E-state index contributed by atoms with van der Waals surface area (Å²) in [4.78, 5) is 2.00. The number of benzene rings is 1. The molecule has 0 unspecified atom stereocenters. The number of alkyl halides is 3. The van der Waals surface area contributed by atoms with Gasteiger partial charge >= 0.3 is 6.18 Å². The molecule has 1 aromatic carbocycles. The first kappa shape index (κ1) is 18.2. The van der Waals surface area contributed by atoms with Gasteiger partial charge in [-0.3, -0.25) is 4.90 Å². The first-order valence-electron chi connectivity index (χ1n) is 7.31. The highest BCUT2D eigenvalue weighted by Crippen LogP contribution is 2.31. The average molecular weight is 351 g/mol. The third-order valence-electron chi connectivity index (χ3n) is 3.72. The Morgan fingerprint density at radius 3 is 2.48 bits per heavy atom. The highest BCUT2D eigenvalue weighted by atomic mass is 32.2. The van der Waals surface area contributed by atoms with Crippen LogP contribution in [0, 0.1) is 6.92 Å². The maximum Gasteiger partial charge on any atom is 0.416 e. The molecule has 23 heavy (non-hydrogen) atoms. The molecule has 0 radical (unpaired) electrons. The van der Waals surface area contributed by atoms with E-state index in [2.05, 4.69) is 14.9 Å². The van der Waals surface area contributed by atoms with Crippen LogP contribution in [0.25, 0.3) is 0 Å². The summed E-state index contributed by atoms with van der Waals surface area (Å²) in [5, 5.41) is 3.20. The summed E-state index contributed by atoms with van der Waals surface area (Å²) in [6.45, 7) is 5.58. The molecule has 0 aromatic heterocycles. The summed E-state index contributed by atoms with van der Waals surface area (Å²) in [5.74, 6) is 0. The van der Waals surface area contributed by atoms with Crippen molar-refractivity contribution in [1.82, 2.24) is 14.9 Å². The van der Waals surface area contributed by atoms with Crippen LogP contribution in [-0.2, 0) is 16.2 Å². The predicted octanol–water partition coefficient (Wildman–Crippen LogP) is 1.20. The third-order valence-corrected chi connectivity index (χ3v) is 5.34. The number of piperazine rings is 1. The molecule has 2 rings (SSSR count). The third kappa shape index (κ3) is 4.90. The van der Waals surface area contributed by atoms with Crippen molar-refractivity contribution >= 4 is 10.0 Å². The maximum atomic E-state index is 12.6. The van der Waals surface area contributed by atoms with E-state index in [4.69, 9.17) is 0 Å². The molecular formula is C14H20F3N3O2S. The SMILES string of the molecule is Cc1cc(C(F)(F)F)ccc1S(=O)(=O)NCCN1CCNCC1. The first-order valence-corrected chi connectivity index (χ1v) is 8.79. The lowest BCUT2D eigenvalue weighted by atomic mass is 10.1. The van der Waals surface area contributed by atoms with Crippen LogP contribution in [0.3, 0.4) is 0 Å². The van der Waals surface area contributed by atoms with Crippen LogP contribution in [0.15, 0.2) is 23.1 Å². The topological polar surface area (TPSA) is 61.4 Å². The second kappa shape index (κ2) is 7.16. The molecule has 1 aliphatic heterocycles. The molecule has 0 aliphatic carbocycles. The van der Waals surface area contributed by atoms with Gasteiger partial charge in [0, 0.05) is 39.3 Å². The summed E-state index contributed by atoms with van der Waals surface area (Å²) >= 11 is 0. The van der Waals surface area contributed by atoms with Crippen molar-refractivity contribution in [3.8, 4) is 0 Å². The molecular weight excluding hydrogens is 331 g/mol. The van der Waals surface area contributed by atoms with E-state index in [1.807, 2.05) is 0 Å². The fraction of sp³-hybridized carbons (Fsp3) is 0.571. The van der Waals surface area contributed by atoms with E-state index < -0.39 is 21.8 Å². The summed E-state index contributed by atoms with van der Waals surface area (Å²) in [6, 6.07) is 2.65. The van der Waals surface area contributed by atoms with Gasteiger partial charge in [0.25, 0.3) is 0 Å². The minimum Gasteiger partial charge on any atom is -0.314 e. The zero-order valence-corrected chi connectivity index (χ0v) is 13.6. The molecule has 130 valence electrons. The molecule has 0 spiro atoms. The summed E-state index contributed by atoms with van der Waals surface area (Å²) < 4.78 is 64.8. The Kier molecular flexibility index (Phi) is 5.66. The molecule has 0 bridgehead atoms. The number of hydrogen-bond donors (Lipinski definition) is 2. The Balaban J connectivity index is 2.01. The smallest absolute Gasteiger partial charge is 0.314 e. The fourth-order valence-electron chi connectivity index (χ4n) is 2.48. The van der Waals surface area contributed by atoms with Crippen LogP contribution in [0.4, 0.5) is 13.2 Å². The Bertz CT molecular complexity index is 641. The van der Waals surface area contributed by atoms with E-state index in [1.54, 1.807) is 0 Å². The van der Waals surface area contributed by atoms with Crippen molar-refractivity contribution in [3.05, 3.63) is 29.3 Å². The van der Waals surface area contributed by atoms with Crippen LogP contribution in [0.2, 0.25) is 0 Å². The molecule has 2 N–H and O–H groups in total. The van der Waals surface area contributed by atoms with Gasteiger partial charge in [0.2, 0.25) is 10.0 Å². The van der Waals surface area contributed by atoms with Gasteiger partial charge in [0.15, 0.2) is 0 Å². The van der Waals surface area contributed by atoms with Gasteiger partial charge in [-0.2, -0.15) is 13.2 Å². The summed E-state index contributed by atoms with van der Waals surface area (Å²) in [5.41, 5.74) is -0.774. The largest absolute Gasteiger partial charge is 0.416 e. The lowest BCUT2D eigenvalue weighted by Crippen LogP contribution is -2.46. The van der Waals surface area contributed by atoms with Gasteiger partial charge in [0.1, 0.15) is 0 Å². The van der Waals surface area contributed by atoms with E-state index in [1.165, 1.54) is 6.92 Å². The number of rotatable bonds is 5. The molecule has 1 fully saturated rings. The molecule has 0 atom stereocenters. The normalized spacial score (nSPS) is 17.4. The first-order chi connectivity index (χ1) is 10.7. The minimum atomic E-state index is -4.48. The summed E-state index contributed by atoms with van der Waals surface area (Å²) in [6.07, 6.45) is -4.48. The van der Waals surface area contributed by atoms with E-state index in [0.29, 0.717) is 6.54 Å². The van der Waals surface area contributed by atoms with Crippen molar-refractivity contribution in [2.75, 3.05) is 39.3 Å². The van der Waals surface area contributed by atoms with Gasteiger partial charge in [-0.1, -0.05) is 0 Å². The Morgan fingerprint density at radius 1 is 1.26 bits per heavy atom. The predicted molar refractivity (Wildman–Crippen MR) is 80.7 cm³/mol. The number of sulfonamides is 1. The molecule has 1 heterocycles. The molecule has 1 aliphatic rings. The Labute approximate surface area is 133 Å². The minimum absolute atomic E-state index is 0.0782. The summed E-state index contributed by atoms with van der Waals surface area (Å²) in [7, 11) is -3.81. The number of nitrogens with zero attached hydrogens (tertiary/aromatic N) is 1. The monoisotopic (exact) mass is 351 g/mol. The van der Waals surface area contributed by atoms with Gasteiger partial charge in [-0.15, -0.1) is 0 Å². The zero-order chi connectivity index (χ0) is 17.1. The van der Waals surface area contributed by atoms with Crippen molar-refractivity contribution in [2.45, 2.75) is 18.0 Å². The molecule has 1 aromatic rings. The lowest BCUT2D eigenvalue weighted by Gasteiger charge is -2.27. The molecule has 1 saturated heterocycles. The van der Waals surface area contributed by atoms with Gasteiger partial charge in [0.05, 0.1) is 10.5 Å². The fourth-order valence-corrected chi connectivity index (χ4v) is 3.72. The Hall–Kier alpha value is -1.16. The molecule has 0 amide bonds. The van der Waals surface area contributed by atoms with Crippen LogP contribution in [-0.4, -0.2) is 52.6 Å². The van der Waals surface area contributed by atoms with Gasteiger partial charge < -0.3 is 5.32 Å². The number of aryl methyl sites for hydroxylation is 1. The Morgan fingerprint density at radius 2 is 1.91 bits per heavy atom. The second-order valence-electron chi connectivity index (χ2n) is 5.47. The molecule has 9 heteroatoms.